The van der Waals surface area contributed by atoms with Gasteiger partial charge in [-0.3, -0.25) is 19.4 Å². The van der Waals surface area contributed by atoms with E-state index in [1.54, 1.807) is 9.80 Å². The van der Waals surface area contributed by atoms with Crippen molar-refractivity contribution < 1.29 is 73.7 Å². The first-order chi connectivity index (χ1) is 34.5. The summed E-state index contributed by atoms with van der Waals surface area (Å²) >= 11 is 0. The predicted molar refractivity (Wildman–Crippen MR) is 273 cm³/mol. The van der Waals surface area contributed by atoms with Crippen molar-refractivity contribution in [2.24, 2.45) is 0 Å². The Hall–Kier alpha value is -7.48. The summed E-state index contributed by atoms with van der Waals surface area (Å²) < 4.78 is 11.0. The van der Waals surface area contributed by atoms with Gasteiger partial charge in [-0.15, -0.1) is 0 Å². The summed E-state index contributed by atoms with van der Waals surface area (Å²) in [6.07, 6.45) is 4.92. The van der Waals surface area contributed by atoms with Crippen LogP contribution in [-0.4, -0.2) is 147 Å². The van der Waals surface area contributed by atoms with Crippen molar-refractivity contribution in [1.82, 2.24) is 9.80 Å². The van der Waals surface area contributed by atoms with Crippen LogP contribution in [0.1, 0.15) is 77.3 Å². The van der Waals surface area contributed by atoms with E-state index in [4.69, 9.17) is 49.1 Å². The number of carbonyl (C=O) groups is 8. The van der Waals surface area contributed by atoms with Gasteiger partial charge < -0.3 is 45.2 Å². The summed E-state index contributed by atoms with van der Waals surface area (Å²) in [5, 5.41) is 29.6. The molecule has 2 aliphatic heterocycles. The molecule has 2 saturated heterocycles. The highest BCUT2D eigenvalue weighted by atomic mass is 16.5. The van der Waals surface area contributed by atoms with Crippen molar-refractivity contribution in [3.63, 3.8) is 0 Å². The summed E-state index contributed by atoms with van der Waals surface area (Å²) in [6.45, 7) is 12.8. The minimum atomic E-state index is -1.82. The van der Waals surface area contributed by atoms with Crippen molar-refractivity contribution in [2.75, 3.05) is 62.3 Å². The topological polar surface area (TPSA) is 280 Å². The van der Waals surface area contributed by atoms with E-state index < -0.39 is 35.0 Å². The zero-order valence-electron chi connectivity index (χ0n) is 42.0. The molecule has 4 aromatic rings. The number of piperidine rings is 2. The summed E-state index contributed by atoms with van der Waals surface area (Å²) in [4.78, 5) is 97.0. The number of hydrogen-bond donors (Lipinski definition) is 4. The first-order valence-corrected chi connectivity index (χ1v) is 24.1. The quantitative estimate of drug-likeness (QED) is 0.0782. The Morgan fingerprint density at radius 1 is 0.452 bits per heavy atom. The van der Waals surface area contributed by atoms with E-state index in [2.05, 4.69) is 58.3 Å². The Morgan fingerprint density at radius 2 is 0.712 bits per heavy atom. The molecule has 6 rings (SSSR count). The number of anilines is 2. The van der Waals surface area contributed by atoms with Gasteiger partial charge in [-0.25, -0.2) is 28.8 Å². The number of carbonyl (C=O) groups excluding carboxylic acids is 4. The fourth-order valence-corrected chi connectivity index (χ4v) is 8.46. The first-order valence-electron chi connectivity index (χ1n) is 24.1. The molecular formula is C54H70N4O15. The molecule has 4 aromatic carbocycles. The lowest BCUT2D eigenvalue weighted by Gasteiger charge is -2.46. The SMILES string of the molecule is CCOC(=O)C1(N(C(=O)CC)c2ccccc2)CCN(CCc2ccccc2)CC1.CCOC(=O)C1(N(C(=O)CC)c2ccccc2)CCN(CCc2ccccc2)CC1.O.O=C(O)C(=O)O.O=C(O)C(=O)O. The Labute approximate surface area is 426 Å². The van der Waals surface area contributed by atoms with E-state index in [9.17, 15) is 19.2 Å². The number of carboxylic acids is 4. The Bertz CT molecular complexity index is 2150. The van der Waals surface area contributed by atoms with Crippen molar-refractivity contribution in [3.05, 3.63) is 132 Å². The highest BCUT2D eigenvalue weighted by molar-refractivity contribution is 6.27. The molecule has 19 heteroatoms. The fourth-order valence-electron chi connectivity index (χ4n) is 8.46. The number of amides is 2. The third-order valence-electron chi connectivity index (χ3n) is 12.2. The third-order valence-corrected chi connectivity index (χ3v) is 12.2. The molecule has 396 valence electrons. The first kappa shape index (κ1) is 61.6. The maximum Gasteiger partial charge on any atom is 0.414 e. The van der Waals surface area contributed by atoms with Crippen LogP contribution < -0.4 is 9.80 Å². The lowest BCUT2D eigenvalue weighted by molar-refractivity contribution is -0.159. The summed E-state index contributed by atoms with van der Waals surface area (Å²) in [7, 11) is 0. The molecule has 2 heterocycles. The average Bonchev–Trinajstić information content (AvgIpc) is 3.40. The number of ether oxygens (including phenoxy) is 2. The summed E-state index contributed by atoms with van der Waals surface area (Å²) in [5.74, 6) is -7.98. The second-order valence-corrected chi connectivity index (χ2v) is 16.7. The fraction of sp³-hybridized carbons (Fsp3) is 0.407. The maximum absolute atomic E-state index is 13.2. The van der Waals surface area contributed by atoms with Crippen LogP contribution >= 0.6 is 0 Å². The van der Waals surface area contributed by atoms with Crippen molar-refractivity contribution in [1.29, 1.82) is 0 Å². The normalized spacial score (nSPS) is 14.4. The highest BCUT2D eigenvalue weighted by Crippen LogP contribution is 2.37. The van der Waals surface area contributed by atoms with Crippen LogP contribution in [0.25, 0.3) is 0 Å². The molecule has 0 bridgehead atoms. The number of likely N-dealkylation sites (tertiary alicyclic amines) is 2. The van der Waals surface area contributed by atoms with Crippen molar-refractivity contribution in [2.45, 2.75) is 90.1 Å². The monoisotopic (exact) mass is 1010 g/mol. The summed E-state index contributed by atoms with van der Waals surface area (Å²) in [6, 6.07) is 39.9. The molecule has 2 amide bonds. The van der Waals surface area contributed by atoms with Gasteiger partial charge in [-0.2, -0.15) is 0 Å². The smallest absolute Gasteiger partial charge is 0.414 e. The van der Waals surface area contributed by atoms with Crippen LogP contribution in [0.15, 0.2) is 121 Å². The van der Waals surface area contributed by atoms with Gasteiger partial charge in [-0.05, 0) is 87.8 Å². The van der Waals surface area contributed by atoms with Crippen LogP contribution in [0.5, 0.6) is 0 Å². The number of benzene rings is 4. The molecular weight excluding hydrogens is 945 g/mol. The van der Waals surface area contributed by atoms with Crippen LogP contribution in [-0.2, 0) is 60.7 Å². The Balaban J connectivity index is 0.000000404. The van der Waals surface area contributed by atoms with E-state index in [1.165, 1.54) is 11.1 Å². The third kappa shape index (κ3) is 18.6. The molecule has 0 saturated carbocycles. The number of nitrogens with zero attached hydrogens (tertiary/aromatic N) is 4. The molecule has 2 aliphatic rings. The largest absolute Gasteiger partial charge is 0.473 e. The minimum absolute atomic E-state index is 0. The number of para-hydroxylation sites is 2. The van der Waals surface area contributed by atoms with E-state index in [0.29, 0.717) is 51.7 Å². The summed E-state index contributed by atoms with van der Waals surface area (Å²) in [5.41, 5.74) is 2.24. The lowest BCUT2D eigenvalue weighted by Crippen LogP contribution is -2.63. The van der Waals surface area contributed by atoms with Crippen LogP contribution in [0.4, 0.5) is 11.4 Å². The van der Waals surface area contributed by atoms with Crippen LogP contribution in [0.2, 0.25) is 0 Å². The van der Waals surface area contributed by atoms with Crippen LogP contribution in [0.3, 0.4) is 0 Å². The second kappa shape index (κ2) is 31.8. The van der Waals surface area contributed by atoms with Gasteiger partial charge in [0.05, 0.1) is 13.2 Å². The minimum Gasteiger partial charge on any atom is -0.473 e. The van der Waals surface area contributed by atoms with Crippen molar-refractivity contribution in [3.8, 4) is 0 Å². The zero-order chi connectivity index (χ0) is 53.1. The lowest BCUT2D eigenvalue weighted by atomic mass is 9.84. The van der Waals surface area contributed by atoms with Gasteiger partial charge in [0.15, 0.2) is 0 Å². The van der Waals surface area contributed by atoms with Crippen LogP contribution in [0, 0.1) is 0 Å². The molecule has 0 radical (unpaired) electrons. The Kier molecular flexibility index (Phi) is 26.8. The van der Waals surface area contributed by atoms with E-state index in [-0.39, 0.29) is 29.2 Å². The van der Waals surface area contributed by atoms with Gasteiger partial charge in [0, 0.05) is 63.5 Å². The maximum atomic E-state index is 13.2. The van der Waals surface area contributed by atoms with Gasteiger partial charge in [-0.1, -0.05) is 111 Å². The standard InChI is InChI=1S/2C25H32N2O3.2C2H2O4.H2O/c2*1-3-23(28)27(22-13-9-6-10-14-22)25(24(29)30-4-2)16-19-26(20-17-25)18-15-21-11-7-5-8-12-21;2*3-1(4)2(5)6;/h2*5-14H,3-4,15-20H2,1-2H3;2*(H,3,4)(H,5,6);1H2. The highest BCUT2D eigenvalue weighted by Gasteiger charge is 2.51. The van der Waals surface area contributed by atoms with E-state index >= 15 is 0 Å². The zero-order valence-corrected chi connectivity index (χ0v) is 42.0. The molecule has 0 aliphatic carbocycles. The van der Waals surface area contributed by atoms with Gasteiger partial charge in [0.2, 0.25) is 11.8 Å². The van der Waals surface area contributed by atoms with E-state index in [1.807, 2.05) is 100 Å². The van der Waals surface area contributed by atoms with Crippen molar-refractivity contribution >= 4 is 59.0 Å². The number of hydrogen-bond acceptors (Lipinski definition) is 12. The molecule has 0 unspecified atom stereocenters. The molecule has 0 aromatic heterocycles. The van der Waals surface area contributed by atoms with Gasteiger partial charge >= 0.3 is 35.8 Å². The molecule has 2 fully saturated rings. The van der Waals surface area contributed by atoms with E-state index in [0.717, 1.165) is 63.5 Å². The number of carboxylic acid groups (broad SMARTS) is 4. The predicted octanol–water partition coefficient (Wildman–Crippen LogP) is 5.63. The number of aliphatic carboxylic acids is 4. The number of rotatable bonds is 16. The number of esters is 2. The molecule has 0 spiro atoms. The molecule has 0 atom stereocenters. The molecule has 73 heavy (non-hydrogen) atoms. The second-order valence-electron chi connectivity index (χ2n) is 16.7. The molecule has 6 N–H and O–H groups in total. The molecule has 19 nitrogen and oxygen atoms in total. The Morgan fingerprint density at radius 3 is 0.945 bits per heavy atom. The average molecular weight is 1020 g/mol. The van der Waals surface area contributed by atoms with Gasteiger partial charge in [0.1, 0.15) is 11.1 Å². The van der Waals surface area contributed by atoms with Gasteiger partial charge in [0.25, 0.3) is 0 Å².